The SMILES string of the molecule is N#Cc1cccc(C(=O)Nc2ccc3c(c2)N(C(=O)c2cccs2)CC3)c1. The van der Waals surface area contributed by atoms with Crippen LogP contribution in [0.5, 0.6) is 0 Å². The molecule has 6 heteroatoms. The van der Waals surface area contributed by atoms with Gasteiger partial charge in [0.1, 0.15) is 0 Å². The summed E-state index contributed by atoms with van der Waals surface area (Å²) in [5.41, 5.74) is 3.39. The number of anilines is 2. The van der Waals surface area contributed by atoms with Crippen LogP contribution in [0.1, 0.15) is 31.2 Å². The molecule has 0 bridgehead atoms. The lowest BCUT2D eigenvalue weighted by atomic mass is 10.1. The van der Waals surface area contributed by atoms with Gasteiger partial charge in [0.2, 0.25) is 0 Å². The van der Waals surface area contributed by atoms with Crippen molar-refractivity contribution in [2.24, 2.45) is 0 Å². The van der Waals surface area contributed by atoms with E-state index in [1.807, 2.05) is 41.8 Å². The second-order valence-electron chi connectivity index (χ2n) is 6.17. The number of benzene rings is 2. The lowest BCUT2D eigenvalue weighted by Crippen LogP contribution is -2.28. The lowest BCUT2D eigenvalue weighted by molar-refractivity contribution is 0.0991. The molecule has 1 aliphatic heterocycles. The van der Waals surface area contributed by atoms with Crippen LogP contribution in [-0.2, 0) is 6.42 Å². The van der Waals surface area contributed by atoms with E-state index < -0.39 is 0 Å². The van der Waals surface area contributed by atoms with Crippen LogP contribution < -0.4 is 10.2 Å². The van der Waals surface area contributed by atoms with Gasteiger partial charge in [-0.3, -0.25) is 9.59 Å². The van der Waals surface area contributed by atoms with Crippen molar-refractivity contribution in [3.05, 3.63) is 81.5 Å². The molecule has 1 N–H and O–H groups in total. The van der Waals surface area contributed by atoms with Crippen molar-refractivity contribution in [3.8, 4) is 6.07 Å². The molecule has 5 nitrogen and oxygen atoms in total. The molecule has 2 aromatic carbocycles. The van der Waals surface area contributed by atoms with Crippen molar-refractivity contribution in [1.82, 2.24) is 0 Å². The quantitative estimate of drug-likeness (QED) is 0.752. The Bertz CT molecular complexity index is 1070. The molecule has 0 fully saturated rings. The number of carbonyl (C=O) groups is 2. The summed E-state index contributed by atoms with van der Waals surface area (Å²) < 4.78 is 0. The van der Waals surface area contributed by atoms with Crippen molar-refractivity contribution in [3.63, 3.8) is 0 Å². The lowest BCUT2D eigenvalue weighted by Gasteiger charge is -2.17. The fourth-order valence-corrected chi connectivity index (χ4v) is 3.81. The first-order valence-corrected chi connectivity index (χ1v) is 9.33. The van der Waals surface area contributed by atoms with Crippen LogP contribution in [0.2, 0.25) is 0 Å². The van der Waals surface area contributed by atoms with Crippen molar-refractivity contribution < 1.29 is 9.59 Å². The van der Waals surface area contributed by atoms with E-state index in [2.05, 4.69) is 5.32 Å². The van der Waals surface area contributed by atoms with Crippen LogP contribution in [0, 0.1) is 11.3 Å². The normalized spacial score (nSPS) is 12.3. The first-order chi connectivity index (χ1) is 13.2. The van der Waals surface area contributed by atoms with E-state index in [1.54, 1.807) is 29.2 Å². The van der Waals surface area contributed by atoms with E-state index in [4.69, 9.17) is 5.26 Å². The number of nitrogens with one attached hydrogen (secondary N) is 1. The summed E-state index contributed by atoms with van der Waals surface area (Å²) in [6.07, 6.45) is 0.797. The third kappa shape index (κ3) is 3.33. The van der Waals surface area contributed by atoms with Crippen molar-refractivity contribution >= 4 is 34.5 Å². The van der Waals surface area contributed by atoms with E-state index in [9.17, 15) is 9.59 Å². The number of carbonyl (C=O) groups excluding carboxylic acids is 2. The van der Waals surface area contributed by atoms with Gasteiger partial charge in [-0.25, -0.2) is 0 Å². The molecule has 0 radical (unpaired) electrons. The van der Waals surface area contributed by atoms with Crippen LogP contribution in [-0.4, -0.2) is 18.4 Å². The minimum absolute atomic E-state index is 0.0195. The van der Waals surface area contributed by atoms with Gasteiger partial charge in [0.15, 0.2) is 0 Å². The number of rotatable bonds is 3. The Morgan fingerprint density at radius 2 is 2.00 bits per heavy atom. The smallest absolute Gasteiger partial charge is 0.268 e. The molecular weight excluding hydrogens is 358 g/mol. The molecule has 1 aliphatic rings. The van der Waals surface area contributed by atoms with Gasteiger partial charge in [-0.2, -0.15) is 5.26 Å². The number of nitrogens with zero attached hydrogens (tertiary/aromatic N) is 2. The van der Waals surface area contributed by atoms with Crippen LogP contribution in [0.4, 0.5) is 11.4 Å². The fraction of sp³-hybridized carbons (Fsp3) is 0.0952. The average molecular weight is 373 g/mol. The minimum atomic E-state index is -0.291. The monoisotopic (exact) mass is 373 g/mol. The van der Waals surface area contributed by atoms with Gasteiger partial charge in [0, 0.05) is 23.5 Å². The number of fused-ring (bicyclic) bond motifs is 1. The molecule has 0 saturated heterocycles. The van der Waals surface area contributed by atoms with E-state index in [0.29, 0.717) is 28.2 Å². The molecule has 2 amide bonds. The number of amides is 2. The summed E-state index contributed by atoms with van der Waals surface area (Å²) in [5.74, 6) is -0.310. The van der Waals surface area contributed by atoms with Gasteiger partial charge in [0.05, 0.1) is 16.5 Å². The highest BCUT2D eigenvalue weighted by Crippen LogP contribution is 2.32. The van der Waals surface area contributed by atoms with E-state index in [0.717, 1.165) is 17.7 Å². The van der Waals surface area contributed by atoms with Crippen LogP contribution in [0.3, 0.4) is 0 Å². The minimum Gasteiger partial charge on any atom is -0.322 e. The predicted octanol–water partition coefficient (Wildman–Crippen LogP) is 4.07. The maximum atomic E-state index is 12.7. The highest BCUT2D eigenvalue weighted by atomic mass is 32.1. The molecule has 1 aromatic heterocycles. The second kappa shape index (κ2) is 7.06. The largest absolute Gasteiger partial charge is 0.322 e. The summed E-state index contributed by atoms with van der Waals surface area (Å²) in [4.78, 5) is 27.7. The van der Waals surface area contributed by atoms with Gasteiger partial charge in [0.25, 0.3) is 11.8 Å². The Morgan fingerprint density at radius 3 is 2.78 bits per heavy atom. The Labute approximate surface area is 160 Å². The van der Waals surface area contributed by atoms with Crippen LogP contribution in [0.15, 0.2) is 60.0 Å². The molecule has 132 valence electrons. The van der Waals surface area contributed by atoms with Crippen LogP contribution >= 0.6 is 11.3 Å². The molecule has 3 aromatic rings. The van der Waals surface area contributed by atoms with Gasteiger partial charge in [-0.05, 0) is 53.8 Å². The second-order valence-corrected chi connectivity index (χ2v) is 7.12. The maximum Gasteiger partial charge on any atom is 0.268 e. The molecule has 0 saturated carbocycles. The summed E-state index contributed by atoms with van der Waals surface area (Å²) in [6, 6.07) is 17.9. The maximum absolute atomic E-state index is 12.7. The van der Waals surface area contributed by atoms with Crippen molar-refractivity contribution in [1.29, 1.82) is 5.26 Å². The topological polar surface area (TPSA) is 73.2 Å². The molecule has 0 atom stereocenters. The molecular formula is C21H15N3O2S. The van der Waals surface area contributed by atoms with Gasteiger partial charge in [-0.1, -0.05) is 18.2 Å². The molecule has 2 heterocycles. The fourth-order valence-electron chi connectivity index (χ4n) is 3.13. The zero-order chi connectivity index (χ0) is 18.8. The molecule has 0 aliphatic carbocycles. The van der Waals surface area contributed by atoms with Gasteiger partial charge < -0.3 is 10.2 Å². The van der Waals surface area contributed by atoms with Gasteiger partial charge in [-0.15, -0.1) is 11.3 Å². The first-order valence-electron chi connectivity index (χ1n) is 8.45. The van der Waals surface area contributed by atoms with Crippen molar-refractivity contribution in [2.75, 3.05) is 16.8 Å². The van der Waals surface area contributed by atoms with E-state index >= 15 is 0 Å². The third-order valence-electron chi connectivity index (χ3n) is 4.47. The number of nitriles is 1. The third-order valence-corrected chi connectivity index (χ3v) is 5.33. The average Bonchev–Trinajstić information content (AvgIpc) is 3.37. The summed E-state index contributed by atoms with van der Waals surface area (Å²) in [5, 5.41) is 13.7. The van der Waals surface area contributed by atoms with Crippen molar-refractivity contribution in [2.45, 2.75) is 6.42 Å². The summed E-state index contributed by atoms with van der Waals surface area (Å²) >= 11 is 1.42. The number of hydrogen-bond donors (Lipinski definition) is 1. The van der Waals surface area contributed by atoms with Gasteiger partial charge >= 0.3 is 0 Å². The van der Waals surface area contributed by atoms with E-state index in [1.165, 1.54) is 11.3 Å². The molecule has 0 unspecified atom stereocenters. The number of thiophene rings is 1. The number of hydrogen-bond acceptors (Lipinski definition) is 4. The zero-order valence-corrected chi connectivity index (χ0v) is 15.1. The highest BCUT2D eigenvalue weighted by molar-refractivity contribution is 7.12. The molecule has 27 heavy (non-hydrogen) atoms. The molecule has 0 spiro atoms. The molecule has 4 rings (SSSR count). The Kier molecular flexibility index (Phi) is 4.45. The Balaban J connectivity index is 1.57. The summed E-state index contributed by atoms with van der Waals surface area (Å²) in [7, 11) is 0. The Morgan fingerprint density at radius 1 is 1.11 bits per heavy atom. The Hall–Kier alpha value is -3.43. The standard InChI is InChI=1S/C21H15N3O2S/c22-13-14-3-1-4-16(11-14)20(25)23-17-7-6-15-8-9-24(18(15)12-17)21(26)19-5-2-10-27-19/h1-7,10-12H,8-9H2,(H,23,25). The predicted molar refractivity (Wildman–Crippen MR) is 105 cm³/mol. The zero-order valence-electron chi connectivity index (χ0n) is 14.3. The first kappa shape index (κ1) is 17.0. The summed E-state index contributed by atoms with van der Waals surface area (Å²) in [6.45, 7) is 0.633. The van der Waals surface area contributed by atoms with Crippen LogP contribution in [0.25, 0.3) is 0 Å². The van der Waals surface area contributed by atoms with E-state index in [-0.39, 0.29) is 11.8 Å². The highest BCUT2D eigenvalue weighted by Gasteiger charge is 2.26.